The summed E-state index contributed by atoms with van der Waals surface area (Å²) in [7, 11) is 0. The van der Waals surface area contributed by atoms with Gasteiger partial charge in [0.05, 0.1) is 11.6 Å². The number of para-hydroxylation sites is 1. The molecule has 3 aromatic rings. The number of aromatic nitrogens is 2. The van der Waals surface area contributed by atoms with Crippen LogP contribution in [0.4, 0.5) is 10.3 Å². The van der Waals surface area contributed by atoms with E-state index in [9.17, 15) is 4.39 Å². The molecular weight excluding hydrogens is 273 g/mol. The monoisotopic (exact) mass is 289 g/mol. The number of thiophene rings is 1. The van der Waals surface area contributed by atoms with Crippen LogP contribution in [-0.4, -0.2) is 9.55 Å². The summed E-state index contributed by atoms with van der Waals surface area (Å²) < 4.78 is 15.8. The van der Waals surface area contributed by atoms with Crippen LogP contribution in [0, 0.1) is 5.82 Å². The first-order valence-electron chi connectivity index (χ1n) is 6.67. The number of hydrogen-bond donors (Lipinski definition) is 1. The first kappa shape index (κ1) is 13.1. The summed E-state index contributed by atoms with van der Waals surface area (Å²) in [6.07, 6.45) is 1.98. The second-order valence-corrected chi connectivity index (χ2v) is 5.75. The number of nitrogens with zero attached hydrogens (tertiary/aromatic N) is 2. The Bertz CT molecular complexity index is 718. The van der Waals surface area contributed by atoms with Crippen LogP contribution in [0.25, 0.3) is 11.0 Å². The van der Waals surface area contributed by atoms with Gasteiger partial charge in [-0.2, -0.15) is 0 Å². The molecular formula is C15H16FN3S. The van der Waals surface area contributed by atoms with Crippen molar-refractivity contribution in [1.82, 2.24) is 9.55 Å². The van der Waals surface area contributed by atoms with Crippen LogP contribution in [-0.2, 0) is 0 Å². The van der Waals surface area contributed by atoms with E-state index in [2.05, 4.69) is 18.0 Å². The van der Waals surface area contributed by atoms with Crippen LogP contribution in [0.15, 0.2) is 35.7 Å². The Labute approximate surface area is 120 Å². The van der Waals surface area contributed by atoms with Crippen molar-refractivity contribution >= 4 is 28.3 Å². The topological polar surface area (TPSA) is 43.8 Å². The third-order valence-electron chi connectivity index (χ3n) is 3.44. The number of anilines is 1. The molecule has 0 saturated carbocycles. The summed E-state index contributed by atoms with van der Waals surface area (Å²) in [5, 5.41) is 2.05. The number of imidazole rings is 1. The molecule has 0 radical (unpaired) electrons. The lowest BCUT2D eigenvalue weighted by atomic mass is 10.1. The van der Waals surface area contributed by atoms with E-state index in [1.807, 2.05) is 22.1 Å². The number of fused-ring (bicyclic) bond motifs is 1. The zero-order valence-corrected chi connectivity index (χ0v) is 12.0. The summed E-state index contributed by atoms with van der Waals surface area (Å²) in [6.45, 7) is 2.14. The lowest BCUT2D eigenvalue weighted by molar-refractivity contribution is 0.560. The molecule has 0 amide bonds. The van der Waals surface area contributed by atoms with E-state index < -0.39 is 0 Å². The Hall–Kier alpha value is -1.88. The first-order valence-corrected chi connectivity index (χ1v) is 7.55. The van der Waals surface area contributed by atoms with Gasteiger partial charge < -0.3 is 10.3 Å². The highest BCUT2D eigenvalue weighted by Crippen LogP contribution is 2.33. The Morgan fingerprint density at radius 2 is 2.20 bits per heavy atom. The predicted molar refractivity (Wildman–Crippen MR) is 81.5 cm³/mol. The van der Waals surface area contributed by atoms with Crippen molar-refractivity contribution in [2.24, 2.45) is 0 Å². The van der Waals surface area contributed by atoms with Crippen LogP contribution in [0.2, 0.25) is 0 Å². The van der Waals surface area contributed by atoms with Gasteiger partial charge in [0, 0.05) is 4.88 Å². The smallest absolute Gasteiger partial charge is 0.201 e. The highest BCUT2D eigenvalue weighted by atomic mass is 32.1. The fraction of sp³-hybridized carbons (Fsp3) is 0.267. The molecule has 3 rings (SSSR count). The molecule has 1 aromatic carbocycles. The molecule has 0 aliphatic carbocycles. The summed E-state index contributed by atoms with van der Waals surface area (Å²) in [5.74, 6) is 0.0475. The lowest BCUT2D eigenvalue weighted by Gasteiger charge is -2.19. The third-order valence-corrected chi connectivity index (χ3v) is 4.42. The number of nitrogens with two attached hydrogens (primary N) is 1. The van der Waals surface area contributed by atoms with Gasteiger partial charge in [-0.3, -0.25) is 0 Å². The van der Waals surface area contributed by atoms with Crippen LogP contribution in [0.5, 0.6) is 0 Å². The lowest BCUT2D eigenvalue weighted by Crippen LogP contribution is -2.12. The zero-order valence-electron chi connectivity index (χ0n) is 11.2. The maximum atomic E-state index is 13.8. The molecule has 0 aliphatic rings. The summed E-state index contributed by atoms with van der Waals surface area (Å²) in [4.78, 5) is 5.42. The highest BCUT2D eigenvalue weighted by molar-refractivity contribution is 7.10. The zero-order chi connectivity index (χ0) is 14.1. The number of rotatable bonds is 4. The first-order chi connectivity index (χ1) is 9.72. The maximum Gasteiger partial charge on any atom is 0.201 e. The van der Waals surface area contributed by atoms with Crippen molar-refractivity contribution in [3.8, 4) is 0 Å². The summed E-state index contributed by atoms with van der Waals surface area (Å²) >= 11 is 1.69. The normalized spacial score (nSPS) is 12.9. The van der Waals surface area contributed by atoms with Gasteiger partial charge in [0.25, 0.3) is 0 Å². The van der Waals surface area contributed by atoms with Gasteiger partial charge in [-0.25, -0.2) is 9.37 Å². The largest absolute Gasteiger partial charge is 0.369 e. The molecule has 3 nitrogen and oxygen atoms in total. The van der Waals surface area contributed by atoms with Gasteiger partial charge in [0.1, 0.15) is 5.52 Å². The second-order valence-electron chi connectivity index (χ2n) is 4.77. The molecule has 0 bridgehead atoms. The van der Waals surface area contributed by atoms with Crippen molar-refractivity contribution in [3.05, 3.63) is 46.4 Å². The SMILES string of the molecule is CCCC(c1cccs1)n1c(N)nc2c(F)cccc21. The average Bonchev–Trinajstić information content (AvgIpc) is 3.05. The van der Waals surface area contributed by atoms with Gasteiger partial charge in [-0.1, -0.05) is 25.5 Å². The van der Waals surface area contributed by atoms with Crippen LogP contribution in [0.1, 0.15) is 30.7 Å². The molecule has 0 aliphatic heterocycles. The van der Waals surface area contributed by atoms with E-state index in [1.54, 1.807) is 17.4 Å². The second kappa shape index (κ2) is 5.25. The Morgan fingerprint density at radius 3 is 2.90 bits per heavy atom. The van der Waals surface area contributed by atoms with Gasteiger partial charge in [-0.05, 0) is 30.0 Å². The molecule has 1 unspecified atom stereocenters. The molecule has 0 spiro atoms. The molecule has 20 heavy (non-hydrogen) atoms. The van der Waals surface area contributed by atoms with Crippen molar-refractivity contribution < 1.29 is 4.39 Å². The summed E-state index contributed by atoms with van der Waals surface area (Å²) in [5.41, 5.74) is 7.16. The van der Waals surface area contributed by atoms with Crippen molar-refractivity contribution in [3.63, 3.8) is 0 Å². The average molecular weight is 289 g/mol. The van der Waals surface area contributed by atoms with Crippen LogP contribution < -0.4 is 5.73 Å². The maximum absolute atomic E-state index is 13.8. The van der Waals surface area contributed by atoms with Crippen molar-refractivity contribution in [2.45, 2.75) is 25.8 Å². The molecule has 5 heteroatoms. The van der Waals surface area contributed by atoms with Crippen LogP contribution in [0.3, 0.4) is 0 Å². The third kappa shape index (κ3) is 2.08. The summed E-state index contributed by atoms with van der Waals surface area (Å²) in [6, 6.07) is 9.23. The Morgan fingerprint density at radius 1 is 1.35 bits per heavy atom. The Balaban J connectivity index is 2.21. The minimum atomic E-state index is -0.325. The molecule has 1 atom stereocenters. The van der Waals surface area contributed by atoms with Gasteiger partial charge in [0.2, 0.25) is 5.95 Å². The van der Waals surface area contributed by atoms with Gasteiger partial charge in [0.15, 0.2) is 5.82 Å². The minimum absolute atomic E-state index is 0.117. The number of nitrogen functional groups attached to an aromatic ring is 1. The van der Waals surface area contributed by atoms with E-state index >= 15 is 0 Å². The minimum Gasteiger partial charge on any atom is -0.369 e. The number of benzene rings is 1. The van der Waals surface area contributed by atoms with E-state index in [1.165, 1.54) is 10.9 Å². The van der Waals surface area contributed by atoms with E-state index in [-0.39, 0.29) is 11.9 Å². The molecule has 104 valence electrons. The quantitative estimate of drug-likeness (QED) is 0.782. The molecule has 2 N–H and O–H groups in total. The van der Waals surface area contributed by atoms with E-state index in [0.29, 0.717) is 11.5 Å². The number of halogens is 1. The molecule has 2 heterocycles. The Kier molecular flexibility index (Phi) is 3.44. The number of hydrogen-bond acceptors (Lipinski definition) is 3. The van der Waals surface area contributed by atoms with Gasteiger partial charge >= 0.3 is 0 Å². The van der Waals surface area contributed by atoms with E-state index in [0.717, 1.165) is 18.4 Å². The highest BCUT2D eigenvalue weighted by Gasteiger charge is 2.21. The van der Waals surface area contributed by atoms with Crippen molar-refractivity contribution in [2.75, 3.05) is 5.73 Å². The predicted octanol–water partition coefficient (Wildman–Crippen LogP) is 4.21. The van der Waals surface area contributed by atoms with Crippen molar-refractivity contribution in [1.29, 1.82) is 0 Å². The van der Waals surface area contributed by atoms with Crippen LogP contribution >= 0.6 is 11.3 Å². The van der Waals surface area contributed by atoms with E-state index in [4.69, 9.17) is 5.73 Å². The fourth-order valence-corrected chi connectivity index (χ4v) is 3.43. The molecule has 0 saturated heterocycles. The fourth-order valence-electron chi connectivity index (χ4n) is 2.58. The molecule has 0 fully saturated rings. The molecule has 2 aromatic heterocycles. The van der Waals surface area contributed by atoms with Gasteiger partial charge in [-0.15, -0.1) is 11.3 Å². The standard InChI is InChI=1S/C15H16FN3S/c1-2-5-11(13-8-4-9-20-13)19-12-7-3-6-10(16)14(12)18-15(19)17/h3-4,6-9,11H,2,5H2,1H3,(H2,17,18).